The van der Waals surface area contributed by atoms with Crippen molar-refractivity contribution in [1.29, 1.82) is 0 Å². The third-order valence-electron chi connectivity index (χ3n) is 3.02. The molecule has 0 saturated heterocycles. The SMILES string of the molecule is C.C=C(C)CC.C=C(C)CC.C=C(C)CC.C=C(C)CC.C=C(C)CC. The lowest BCUT2D eigenvalue weighted by molar-refractivity contribution is 1.11. The van der Waals surface area contributed by atoms with Crippen LogP contribution >= 0.6 is 0 Å². The molecule has 0 fully saturated rings. The van der Waals surface area contributed by atoms with E-state index in [9.17, 15) is 0 Å². The molecule has 0 atom stereocenters. The van der Waals surface area contributed by atoms with Gasteiger partial charge in [-0.05, 0) is 66.7 Å². The Morgan fingerprint density at radius 3 is 0.423 bits per heavy atom. The summed E-state index contributed by atoms with van der Waals surface area (Å²) in [7, 11) is 0. The zero-order valence-electron chi connectivity index (χ0n) is 19.6. The first-order chi connectivity index (χ1) is 11.4. The molecule has 0 amide bonds. The van der Waals surface area contributed by atoms with Gasteiger partial charge in [0.05, 0.1) is 0 Å². The molecule has 0 rings (SSSR count). The molecule has 0 heterocycles. The normalized spacial score (nSPS) is 7.31. The fraction of sp³-hybridized carbons (Fsp3) is 0.615. The maximum atomic E-state index is 3.67. The predicted molar refractivity (Wildman–Crippen MR) is 132 cm³/mol. The standard InChI is InChI=1S/5C5H10.CH4/c5*1-4-5(2)3;/h5*2,4H2,1,3H3;1H4. The van der Waals surface area contributed by atoms with Crippen molar-refractivity contribution in [3.63, 3.8) is 0 Å². The number of hydrogen-bond donors (Lipinski definition) is 0. The first-order valence-electron chi connectivity index (χ1n) is 9.57. The molecule has 0 spiro atoms. The second-order valence-corrected chi connectivity index (χ2v) is 6.55. The molecule has 0 aliphatic carbocycles. The number of allylic oxidation sites excluding steroid dienone is 5. The summed E-state index contributed by atoms with van der Waals surface area (Å²) < 4.78 is 0. The van der Waals surface area contributed by atoms with Gasteiger partial charge in [-0.25, -0.2) is 0 Å². The van der Waals surface area contributed by atoms with Crippen LogP contribution in [0.15, 0.2) is 60.8 Å². The molecule has 0 aromatic carbocycles. The van der Waals surface area contributed by atoms with Gasteiger partial charge in [-0.2, -0.15) is 0 Å². The Bertz CT molecular complexity index is 258. The minimum absolute atomic E-state index is 0. The lowest BCUT2D eigenvalue weighted by atomic mass is 10.3. The average Bonchev–Trinajstić information content (AvgIpc) is 2.56. The zero-order chi connectivity index (χ0) is 21.4. The second kappa shape index (κ2) is 34.9. The van der Waals surface area contributed by atoms with E-state index in [1.54, 1.807) is 0 Å². The van der Waals surface area contributed by atoms with Crippen LogP contribution in [0.1, 0.15) is 109 Å². The molecule has 0 nitrogen and oxygen atoms in total. The number of hydrogen-bond acceptors (Lipinski definition) is 0. The van der Waals surface area contributed by atoms with Crippen LogP contribution in [0.5, 0.6) is 0 Å². The molecular weight excluding hydrogens is 312 g/mol. The minimum atomic E-state index is 0. The van der Waals surface area contributed by atoms with Crippen molar-refractivity contribution in [2.75, 3.05) is 0 Å². The van der Waals surface area contributed by atoms with Gasteiger partial charge in [0.15, 0.2) is 0 Å². The molecule has 0 N–H and O–H groups in total. The van der Waals surface area contributed by atoms with E-state index in [0.29, 0.717) is 0 Å². The molecule has 0 aromatic rings. The van der Waals surface area contributed by atoms with Crippen molar-refractivity contribution in [3.8, 4) is 0 Å². The molecule has 0 aromatic heterocycles. The van der Waals surface area contributed by atoms with E-state index in [0.717, 1.165) is 32.1 Å². The highest BCUT2D eigenvalue weighted by molar-refractivity contribution is 4.86. The van der Waals surface area contributed by atoms with Gasteiger partial charge in [0, 0.05) is 0 Å². The Morgan fingerprint density at radius 1 is 0.385 bits per heavy atom. The van der Waals surface area contributed by atoms with Crippen molar-refractivity contribution in [2.45, 2.75) is 109 Å². The van der Waals surface area contributed by atoms with E-state index in [1.807, 2.05) is 34.6 Å². The van der Waals surface area contributed by atoms with Crippen LogP contribution in [0, 0.1) is 0 Å². The van der Waals surface area contributed by atoms with Crippen molar-refractivity contribution >= 4 is 0 Å². The Morgan fingerprint density at radius 2 is 0.423 bits per heavy atom. The van der Waals surface area contributed by atoms with E-state index < -0.39 is 0 Å². The molecule has 158 valence electrons. The lowest BCUT2D eigenvalue weighted by Crippen LogP contribution is -1.58. The molecule has 26 heavy (non-hydrogen) atoms. The summed E-state index contributed by atoms with van der Waals surface area (Å²) in [4.78, 5) is 0. The summed E-state index contributed by atoms with van der Waals surface area (Å²) in [5.41, 5.74) is 6.27. The number of rotatable bonds is 5. The quantitative estimate of drug-likeness (QED) is 0.424. The van der Waals surface area contributed by atoms with Crippen molar-refractivity contribution < 1.29 is 0 Å². The van der Waals surface area contributed by atoms with Crippen LogP contribution in [0.2, 0.25) is 0 Å². The first-order valence-corrected chi connectivity index (χ1v) is 9.57. The molecule has 0 heteroatoms. The average molecular weight is 367 g/mol. The van der Waals surface area contributed by atoms with Gasteiger partial charge < -0.3 is 0 Å². The molecule has 0 saturated carbocycles. The largest absolute Gasteiger partial charge is 0.100 e. The van der Waals surface area contributed by atoms with E-state index >= 15 is 0 Å². The summed E-state index contributed by atoms with van der Waals surface area (Å²) in [5, 5.41) is 0. The Labute approximate surface area is 169 Å². The molecule has 0 unspecified atom stereocenters. The smallest absolute Gasteiger partial charge is 0.0354 e. The van der Waals surface area contributed by atoms with Gasteiger partial charge in [-0.3, -0.25) is 0 Å². The van der Waals surface area contributed by atoms with E-state index in [4.69, 9.17) is 0 Å². The second-order valence-electron chi connectivity index (χ2n) is 6.55. The van der Waals surface area contributed by atoms with Gasteiger partial charge in [-0.1, -0.05) is 69.9 Å². The highest BCUT2D eigenvalue weighted by atomic mass is 13.8. The molecule has 0 radical (unpaired) electrons. The summed E-state index contributed by atoms with van der Waals surface area (Å²) in [5.74, 6) is 0. The van der Waals surface area contributed by atoms with Crippen LogP contribution in [-0.4, -0.2) is 0 Å². The Hall–Kier alpha value is -1.30. The van der Waals surface area contributed by atoms with E-state index in [1.165, 1.54) is 27.9 Å². The van der Waals surface area contributed by atoms with Crippen LogP contribution in [0.25, 0.3) is 0 Å². The van der Waals surface area contributed by atoms with Crippen molar-refractivity contribution in [2.24, 2.45) is 0 Å². The van der Waals surface area contributed by atoms with Crippen LogP contribution < -0.4 is 0 Å². The van der Waals surface area contributed by atoms with Crippen LogP contribution in [-0.2, 0) is 0 Å². The van der Waals surface area contributed by atoms with Crippen LogP contribution in [0.3, 0.4) is 0 Å². The zero-order valence-corrected chi connectivity index (χ0v) is 19.6. The fourth-order valence-electron chi connectivity index (χ4n) is 0. The first kappa shape index (κ1) is 39.7. The third kappa shape index (κ3) is 141. The highest BCUT2D eigenvalue weighted by Gasteiger charge is 1.69. The summed E-state index contributed by atoms with van der Waals surface area (Å²) in [6.07, 6.45) is 5.56. The van der Waals surface area contributed by atoms with Crippen LogP contribution in [0.4, 0.5) is 0 Å². The minimum Gasteiger partial charge on any atom is -0.100 e. The van der Waals surface area contributed by atoms with E-state index in [-0.39, 0.29) is 7.43 Å². The molecule has 0 bridgehead atoms. The van der Waals surface area contributed by atoms with Crippen molar-refractivity contribution in [3.05, 3.63) is 60.8 Å². The Kier molecular flexibility index (Phi) is 53.3. The molecule has 0 aliphatic heterocycles. The Balaban J connectivity index is -0.0000000476. The fourth-order valence-corrected chi connectivity index (χ4v) is 0. The highest BCUT2D eigenvalue weighted by Crippen LogP contribution is 1.90. The van der Waals surface area contributed by atoms with Gasteiger partial charge in [-0.15, -0.1) is 32.9 Å². The van der Waals surface area contributed by atoms with Gasteiger partial charge >= 0.3 is 0 Å². The van der Waals surface area contributed by atoms with Crippen molar-refractivity contribution in [1.82, 2.24) is 0 Å². The maximum absolute atomic E-state index is 3.67. The van der Waals surface area contributed by atoms with Gasteiger partial charge in [0.25, 0.3) is 0 Å². The predicted octanol–water partition coefficient (Wildman–Crippen LogP) is 10.5. The third-order valence-corrected chi connectivity index (χ3v) is 3.02. The summed E-state index contributed by atoms with van der Waals surface area (Å²) >= 11 is 0. The summed E-state index contributed by atoms with van der Waals surface area (Å²) in [6.45, 7) is 39.0. The van der Waals surface area contributed by atoms with Gasteiger partial charge in [0.1, 0.15) is 0 Å². The van der Waals surface area contributed by atoms with E-state index in [2.05, 4.69) is 67.5 Å². The monoisotopic (exact) mass is 366 g/mol. The summed E-state index contributed by atoms with van der Waals surface area (Å²) in [6, 6.07) is 0. The van der Waals surface area contributed by atoms with Gasteiger partial charge in [0.2, 0.25) is 0 Å². The molecular formula is C26H54. The topological polar surface area (TPSA) is 0 Å². The molecule has 0 aliphatic rings. The lowest BCUT2D eigenvalue weighted by Gasteiger charge is -1.79. The maximum Gasteiger partial charge on any atom is -0.0354 e.